The molecule has 0 aromatic carbocycles. The fourth-order valence-corrected chi connectivity index (χ4v) is 0.737. The lowest BCUT2D eigenvalue weighted by Crippen LogP contribution is -2.99. The highest BCUT2D eigenvalue weighted by molar-refractivity contribution is 9.10. The maximum absolute atomic E-state index is 10.2. The highest BCUT2D eigenvalue weighted by atomic mass is 79.9. The summed E-state index contributed by atoms with van der Waals surface area (Å²) in [5.41, 5.74) is 0. The number of rotatable bonds is 1. The van der Waals surface area contributed by atoms with Crippen LogP contribution < -0.4 is 5.23 Å². The van der Waals surface area contributed by atoms with Gasteiger partial charge in [-0.2, -0.15) is 5.23 Å². The predicted molar refractivity (Wildman–Crippen MR) is 37.7 cm³/mol. The Kier molecular flexibility index (Phi) is 2.34. The Balaban J connectivity index is 2.89. The van der Waals surface area contributed by atoms with Crippen molar-refractivity contribution in [2.45, 2.75) is 0 Å². The van der Waals surface area contributed by atoms with E-state index in [1.165, 1.54) is 12.3 Å². The van der Waals surface area contributed by atoms with Crippen LogP contribution in [0.15, 0.2) is 22.8 Å². The number of quaternary nitrogens is 1. The Morgan fingerprint density at radius 1 is 1.60 bits per heavy atom. The second-order valence-corrected chi connectivity index (χ2v) is 2.58. The first-order valence-electron chi connectivity index (χ1n) is 2.55. The topological polar surface area (TPSA) is 60.6 Å². The first-order valence-corrected chi connectivity index (χ1v) is 3.34. The lowest BCUT2D eigenvalue weighted by atomic mass is 10.5. The van der Waals surface area contributed by atoms with Gasteiger partial charge in [-0.3, -0.25) is 0 Å². The average Bonchev–Trinajstić information content (AvgIpc) is 1.88. The molecule has 1 aromatic heterocycles. The second-order valence-electron chi connectivity index (χ2n) is 1.67. The van der Waals surface area contributed by atoms with Crippen LogP contribution in [0, 0.1) is 5.21 Å². The summed E-state index contributed by atoms with van der Waals surface area (Å²) in [7, 11) is 0. The number of hydrogen-bond donors (Lipinski definition) is 2. The Morgan fingerprint density at radius 3 is 2.70 bits per heavy atom. The largest absolute Gasteiger partial charge is 0.594 e. The van der Waals surface area contributed by atoms with E-state index in [1.807, 2.05) is 0 Å². The van der Waals surface area contributed by atoms with Crippen molar-refractivity contribution in [3.63, 3.8) is 0 Å². The van der Waals surface area contributed by atoms with Gasteiger partial charge in [-0.05, 0) is 22.0 Å². The van der Waals surface area contributed by atoms with Crippen molar-refractivity contribution in [3.8, 4) is 0 Å². The summed E-state index contributed by atoms with van der Waals surface area (Å²) in [6.45, 7) is 0. The summed E-state index contributed by atoms with van der Waals surface area (Å²) in [5, 5.41) is 17.6. The molecule has 10 heavy (non-hydrogen) atoms. The molecule has 1 atom stereocenters. The molecule has 0 bridgehead atoms. The standard InChI is InChI=1S/C5H5BrN2O2/c6-4-1-2-5(7-3-4)8(9)10/h1-3,8-9H. The van der Waals surface area contributed by atoms with Crippen LogP contribution >= 0.6 is 15.9 Å². The highest BCUT2D eigenvalue weighted by Gasteiger charge is 1.98. The zero-order valence-electron chi connectivity index (χ0n) is 4.91. The summed E-state index contributed by atoms with van der Waals surface area (Å²) in [5.74, 6) is 0.0585. The summed E-state index contributed by atoms with van der Waals surface area (Å²) >= 11 is 3.14. The number of halogens is 1. The van der Waals surface area contributed by atoms with Crippen LogP contribution in [-0.2, 0) is 0 Å². The number of aromatic nitrogens is 1. The van der Waals surface area contributed by atoms with Gasteiger partial charge >= 0.3 is 0 Å². The molecule has 0 aliphatic carbocycles. The molecule has 1 aromatic rings. The van der Waals surface area contributed by atoms with Crippen LogP contribution in [0.4, 0.5) is 5.82 Å². The fraction of sp³-hybridized carbons (Fsp3) is 0. The maximum atomic E-state index is 10.2. The lowest BCUT2D eigenvalue weighted by molar-refractivity contribution is -0.993. The van der Waals surface area contributed by atoms with Crippen molar-refractivity contribution in [2.24, 2.45) is 0 Å². The van der Waals surface area contributed by atoms with Gasteiger partial charge in [0, 0.05) is 16.7 Å². The minimum atomic E-state index is -1.01. The Bertz CT molecular complexity index is 211. The molecule has 1 heterocycles. The van der Waals surface area contributed by atoms with Crippen LogP contribution in [0.3, 0.4) is 0 Å². The van der Waals surface area contributed by atoms with E-state index in [-0.39, 0.29) is 5.82 Å². The monoisotopic (exact) mass is 204 g/mol. The Morgan fingerprint density at radius 2 is 2.30 bits per heavy atom. The van der Waals surface area contributed by atoms with Crippen molar-refractivity contribution < 1.29 is 10.4 Å². The van der Waals surface area contributed by atoms with Crippen LogP contribution in [0.2, 0.25) is 0 Å². The van der Waals surface area contributed by atoms with E-state index < -0.39 is 5.23 Å². The predicted octanol–water partition coefficient (Wildman–Crippen LogP) is 0.247. The van der Waals surface area contributed by atoms with Crippen molar-refractivity contribution in [1.82, 2.24) is 4.98 Å². The molecule has 0 saturated heterocycles. The molecule has 1 unspecified atom stereocenters. The van der Waals surface area contributed by atoms with E-state index in [4.69, 9.17) is 5.21 Å². The third-order valence-electron chi connectivity index (χ3n) is 0.947. The Hall–Kier alpha value is -0.490. The van der Waals surface area contributed by atoms with Gasteiger partial charge < -0.3 is 5.21 Å². The first-order chi connectivity index (χ1) is 4.70. The maximum Gasteiger partial charge on any atom is 0.258 e. The zero-order chi connectivity index (χ0) is 7.56. The summed E-state index contributed by atoms with van der Waals surface area (Å²) < 4.78 is 0.775. The van der Waals surface area contributed by atoms with Crippen LogP contribution in [0.5, 0.6) is 0 Å². The van der Waals surface area contributed by atoms with Crippen molar-refractivity contribution in [1.29, 1.82) is 0 Å². The van der Waals surface area contributed by atoms with Gasteiger partial charge in [0.25, 0.3) is 5.82 Å². The van der Waals surface area contributed by atoms with Gasteiger partial charge in [0.1, 0.15) is 0 Å². The molecule has 5 heteroatoms. The van der Waals surface area contributed by atoms with Gasteiger partial charge in [-0.1, -0.05) is 0 Å². The molecule has 0 aliphatic heterocycles. The van der Waals surface area contributed by atoms with E-state index in [0.29, 0.717) is 0 Å². The number of hydrogen-bond acceptors (Lipinski definition) is 3. The highest BCUT2D eigenvalue weighted by Crippen LogP contribution is 2.07. The molecular weight excluding hydrogens is 200 g/mol. The minimum Gasteiger partial charge on any atom is -0.594 e. The number of pyridine rings is 1. The van der Waals surface area contributed by atoms with Crippen molar-refractivity contribution >= 4 is 21.7 Å². The minimum absolute atomic E-state index is 0.0585. The van der Waals surface area contributed by atoms with E-state index in [9.17, 15) is 5.21 Å². The zero-order valence-corrected chi connectivity index (χ0v) is 6.50. The van der Waals surface area contributed by atoms with Gasteiger partial charge in [-0.25, -0.2) is 10.2 Å². The first kappa shape index (κ1) is 7.62. The summed E-state index contributed by atoms with van der Waals surface area (Å²) in [4.78, 5) is 3.63. The molecule has 0 spiro atoms. The SMILES string of the molecule is [O-][NH+](O)c1ccc(Br)cn1. The molecule has 0 saturated carbocycles. The second kappa shape index (κ2) is 3.07. The number of nitrogens with one attached hydrogen (secondary N) is 1. The van der Waals surface area contributed by atoms with Gasteiger partial charge in [0.05, 0.1) is 0 Å². The van der Waals surface area contributed by atoms with Crippen LogP contribution in [0.1, 0.15) is 0 Å². The lowest BCUT2D eigenvalue weighted by Gasteiger charge is -2.08. The van der Waals surface area contributed by atoms with Gasteiger partial charge in [0.15, 0.2) is 0 Å². The van der Waals surface area contributed by atoms with Gasteiger partial charge in [0.2, 0.25) is 0 Å². The molecule has 0 radical (unpaired) electrons. The summed E-state index contributed by atoms with van der Waals surface area (Å²) in [6.07, 6.45) is 1.45. The van der Waals surface area contributed by atoms with Crippen LogP contribution in [0.25, 0.3) is 0 Å². The molecule has 0 aliphatic rings. The average molecular weight is 205 g/mol. The third-order valence-corrected chi connectivity index (χ3v) is 1.42. The van der Waals surface area contributed by atoms with Crippen molar-refractivity contribution in [3.05, 3.63) is 28.0 Å². The Labute approximate surface area is 65.8 Å². The molecule has 1 rings (SSSR count). The van der Waals surface area contributed by atoms with E-state index in [1.54, 1.807) is 6.07 Å². The van der Waals surface area contributed by atoms with Crippen molar-refractivity contribution in [2.75, 3.05) is 0 Å². The fourth-order valence-electron chi connectivity index (χ4n) is 0.502. The van der Waals surface area contributed by atoms with Crippen LogP contribution in [-0.4, -0.2) is 10.2 Å². The normalized spacial score (nSPS) is 13.1. The molecule has 4 nitrogen and oxygen atoms in total. The molecule has 0 amide bonds. The van der Waals surface area contributed by atoms with E-state index in [0.717, 1.165) is 4.47 Å². The summed E-state index contributed by atoms with van der Waals surface area (Å²) in [6, 6.07) is 3.07. The van der Waals surface area contributed by atoms with E-state index in [2.05, 4.69) is 20.9 Å². The van der Waals surface area contributed by atoms with Gasteiger partial charge in [-0.15, -0.1) is 0 Å². The molecule has 2 N–H and O–H groups in total. The molecular formula is C5H5BrN2O2. The van der Waals surface area contributed by atoms with E-state index >= 15 is 0 Å². The molecule has 0 fully saturated rings. The molecule has 54 valence electrons. The number of nitrogens with zero attached hydrogens (tertiary/aromatic N) is 1. The third kappa shape index (κ3) is 1.74. The quantitative estimate of drug-likeness (QED) is 0.646. The smallest absolute Gasteiger partial charge is 0.258 e.